The van der Waals surface area contributed by atoms with Crippen molar-refractivity contribution in [3.05, 3.63) is 41.6 Å². The molecule has 6 heteroatoms. The number of urea groups is 1. The van der Waals surface area contributed by atoms with Gasteiger partial charge in [-0.2, -0.15) is 5.06 Å². The van der Waals surface area contributed by atoms with Crippen LogP contribution in [0.25, 0.3) is 5.57 Å². The number of hydrogen-bond donors (Lipinski definition) is 0. The van der Waals surface area contributed by atoms with E-state index in [1.807, 2.05) is 30.3 Å². The number of unbranched alkanes of at least 4 members (excludes halogenated alkanes) is 5. The van der Waals surface area contributed by atoms with Crippen molar-refractivity contribution < 1.29 is 19.3 Å². The van der Waals surface area contributed by atoms with E-state index in [-0.39, 0.29) is 5.70 Å². The molecule has 1 aliphatic rings. The number of nitrogens with zero attached hydrogens (tertiary/aromatic N) is 2. The van der Waals surface area contributed by atoms with Gasteiger partial charge in [0.25, 0.3) is 0 Å². The van der Waals surface area contributed by atoms with Crippen molar-refractivity contribution in [2.75, 3.05) is 14.2 Å². The first-order valence-electron chi connectivity index (χ1n) is 9.21. The molecule has 1 aromatic carbocycles. The van der Waals surface area contributed by atoms with Crippen LogP contribution < -0.4 is 0 Å². The van der Waals surface area contributed by atoms with Crippen molar-refractivity contribution in [3.8, 4) is 0 Å². The van der Waals surface area contributed by atoms with Crippen LogP contribution in [0.5, 0.6) is 0 Å². The quantitative estimate of drug-likeness (QED) is 0.349. The number of benzene rings is 1. The third-order valence-electron chi connectivity index (χ3n) is 4.49. The molecule has 2 rings (SSSR count). The molecule has 0 bridgehead atoms. The molecule has 0 aliphatic carbocycles. The number of allylic oxidation sites excluding steroid dienone is 1. The summed E-state index contributed by atoms with van der Waals surface area (Å²) in [7, 11) is 2.67. The SMILES string of the molecule is CCCCCCCCC(=C1C(=O)N(OC)C(=O)N1OC)c1ccccc1. The molecular weight excluding hydrogens is 332 g/mol. The van der Waals surface area contributed by atoms with Crippen molar-refractivity contribution in [1.82, 2.24) is 10.1 Å². The summed E-state index contributed by atoms with van der Waals surface area (Å²) >= 11 is 0. The van der Waals surface area contributed by atoms with Gasteiger partial charge < -0.3 is 0 Å². The van der Waals surface area contributed by atoms with Crippen molar-refractivity contribution in [2.45, 2.75) is 51.9 Å². The second kappa shape index (κ2) is 10.1. The van der Waals surface area contributed by atoms with Crippen LogP contribution in [0.4, 0.5) is 4.79 Å². The van der Waals surface area contributed by atoms with Gasteiger partial charge in [-0.25, -0.2) is 4.79 Å². The Labute approximate surface area is 155 Å². The first-order valence-corrected chi connectivity index (χ1v) is 9.21. The van der Waals surface area contributed by atoms with Crippen LogP contribution >= 0.6 is 0 Å². The van der Waals surface area contributed by atoms with E-state index in [1.165, 1.54) is 39.9 Å². The first kappa shape index (κ1) is 20.1. The predicted octanol–water partition coefficient (Wildman–Crippen LogP) is 4.54. The molecule has 26 heavy (non-hydrogen) atoms. The monoisotopic (exact) mass is 360 g/mol. The summed E-state index contributed by atoms with van der Waals surface area (Å²) < 4.78 is 0. The number of rotatable bonds is 10. The van der Waals surface area contributed by atoms with Crippen LogP contribution in [0.3, 0.4) is 0 Å². The van der Waals surface area contributed by atoms with Gasteiger partial charge >= 0.3 is 11.9 Å². The van der Waals surface area contributed by atoms with E-state index in [4.69, 9.17) is 9.68 Å². The maximum Gasteiger partial charge on any atom is 0.380 e. The van der Waals surface area contributed by atoms with Gasteiger partial charge in [0, 0.05) is 0 Å². The summed E-state index contributed by atoms with van der Waals surface area (Å²) in [6, 6.07) is 9.02. The fourth-order valence-electron chi connectivity index (χ4n) is 3.15. The zero-order valence-corrected chi connectivity index (χ0v) is 15.9. The van der Waals surface area contributed by atoms with Gasteiger partial charge in [-0.15, -0.1) is 5.06 Å². The second-order valence-corrected chi connectivity index (χ2v) is 6.25. The number of amides is 3. The van der Waals surface area contributed by atoms with Gasteiger partial charge in [0.15, 0.2) is 0 Å². The van der Waals surface area contributed by atoms with Gasteiger partial charge in [-0.05, 0) is 24.0 Å². The minimum Gasteiger partial charge on any atom is -0.268 e. The Morgan fingerprint density at radius 1 is 0.885 bits per heavy atom. The number of hydroxylamine groups is 4. The second-order valence-electron chi connectivity index (χ2n) is 6.25. The molecule has 1 heterocycles. The average Bonchev–Trinajstić information content (AvgIpc) is 2.91. The Bertz CT molecular complexity index is 642. The van der Waals surface area contributed by atoms with E-state index in [1.54, 1.807) is 0 Å². The maximum absolute atomic E-state index is 12.7. The lowest BCUT2D eigenvalue weighted by Crippen LogP contribution is -2.31. The van der Waals surface area contributed by atoms with Crippen molar-refractivity contribution in [3.63, 3.8) is 0 Å². The topological polar surface area (TPSA) is 59.1 Å². The van der Waals surface area contributed by atoms with E-state index in [9.17, 15) is 9.59 Å². The Morgan fingerprint density at radius 3 is 2.12 bits per heavy atom. The van der Waals surface area contributed by atoms with E-state index in [0.29, 0.717) is 6.42 Å². The Balaban J connectivity index is 2.28. The van der Waals surface area contributed by atoms with Gasteiger partial charge in [0.1, 0.15) is 5.70 Å². The molecule has 0 N–H and O–H groups in total. The predicted molar refractivity (Wildman–Crippen MR) is 99.5 cm³/mol. The molecule has 0 saturated carbocycles. The molecule has 0 spiro atoms. The van der Waals surface area contributed by atoms with Crippen LogP contribution in [0, 0.1) is 0 Å². The Kier molecular flexibility index (Phi) is 7.81. The number of hydrogen-bond acceptors (Lipinski definition) is 4. The van der Waals surface area contributed by atoms with Crippen LogP contribution in [-0.4, -0.2) is 36.3 Å². The zero-order valence-electron chi connectivity index (χ0n) is 15.9. The standard InChI is InChI=1S/C20H28N2O4/c1-4-5-6-7-8-12-15-17(16-13-10-9-11-14-16)18-19(23)22(26-3)20(24)21(18)25-2/h9-11,13-14H,4-8,12,15H2,1-3H3. The summed E-state index contributed by atoms with van der Waals surface area (Å²) in [6.45, 7) is 2.20. The van der Waals surface area contributed by atoms with Crippen molar-refractivity contribution in [2.24, 2.45) is 0 Å². The molecule has 0 aromatic heterocycles. The highest BCUT2D eigenvalue weighted by molar-refractivity contribution is 6.14. The van der Waals surface area contributed by atoms with Crippen LogP contribution in [0.2, 0.25) is 0 Å². The largest absolute Gasteiger partial charge is 0.380 e. The normalized spacial score (nSPS) is 16.6. The summed E-state index contributed by atoms with van der Waals surface area (Å²) in [6.07, 6.45) is 7.60. The van der Waals surface area contributed by atoms with Crippen LogP contribution in [0.1, 0.15) is 57.4 Å². The van der Waals surface area contributed by atoms with Gasteiger partial charge in [0.2, 0.25) is 0 Å². The number of carbonyl (C=O) groups is 2. The number of imide groups is 1. The molecule has 0 unspecified atom stereocenters. The Hall–Kier alpha value is -2.18. The fourth-order valence-corrected chi connectivity index (χ4v) is 3.15. The maximum atomic E-state index is 12.7. The number of carbonyl (C=O) groups excluding carboxylic acids is 2. The van der Waals surface area contributed by atoms with Gasteiger partial charge in [-0.3, -0.25) is 14.5 Å². The lowest BCUT2D eigenvalue weighted by atomic mass is 9.96. The van der Waals surface area contributed by atoms with E-state index in [0.717, 1.165) is 34.1 Å². The molecule has 1 saturated heterocycles. The summed E-state index contributed by atoms with van der Waals surface area (Å²) in [4.78, 5) is 35.1. The van der Waals surface area contributed by atoms with E-state index < -0.39 is 11.9 Å². The minimum absolute atomic E-state index is 0.235. The summed E-state index contributed by atoms with van der Waals surface area (Å²) in [5, 5.41) is 1.74. The molecular formula is C20H28N2O4. The van der Waals surface area contributed by atoms with Crippen molar-refractivity contribution >= 4 is 17.5 Å². The minimum atomic E-state index is -0.633. The Morgan fingerprint density at radius 2 is 1.50 bits per heavy atom. The van der Waals surface area contributed by atoms with Crippen LogP contribution in [0.15, 0.2) is 36.0 Å². The highest BCUT2D eigenvalue weighted by atomic mass is 16.7. The van der Waals surface area contributed by atoms with Crippen LogP contribution in [-0.2, 0) is 14.5 Å². The molecule has 1 fully saturated rings. The molecule has 1 aliphatic heterocycles. The summed E-state index contributed by atoms with van der Waals surface area (Å²) in [5.74, 6) is -0.496. The first-order chi connectivity index (χ1) is 12.7. The van der Waals surface area contributed by atoms with Gasteiger partial charge in [0.05, 0.1) is 14.2 Å². The molecule has 1 aromatic rings. The molecule has 142 valence electrons. The average molecular weight is 360 g/mol. The van der Waals surface area contributed by atoms with Crippen molar-refractivity contribution in [1.29, 1.82) is 0 Å². The third-order valence-corrected chi connectivity index (χ3v) is 4.49. The molecule has 0 radical (unpaired) electrons. The van der Waals surface area contributed by atoms with E-state index in [2.05, 4.69) is 6.92 Å². The fraction of sp³-hybridized carbons (Fsp3) is 0.500. The highest BCUT2D eigenvalue weighted by Crippen LogP contribution is 2.32. The van der Waals surface area contributed by atoms with E-state index >= 15 is 0 Å². The van der Waals surface area contributed by atoms with Gasteiger partial charge in [-0.1, -0.05) is 69.4 Å². The lowest BCUT2D eigenvalue weighted by molar-refractivity contribution is -0.152. The molecule has 3 amide bonds. The third kappa shape index (κ3) is 4.51. The zero-order chi connectivity index (χ0) is 18.9. The molecule has 6 nitrogen and oxygen atoms in total. The molecule has 0 atom stereocenters. The highest BCUT2D eigenvalue weighted by Gasteiger charge is 2.44. The smallest absolute Gasteiger partial charge is 0.268 e. The summed E-state index contributed by atoms with van der Waals surface area (Å²) in [5.41, 5.74) is 1.96. The lowest BCUT2D eigenvalue weighted by Gasteiger charge is -2.16.